The van der Waals surface area contributed by atoms with E-state index >= 15 is 0 Å². The Bertz CT molecular complexity index is 559. The predicted octanol–water partition coefficient (Wildman–Crippen LogP) is 4.40. The molecule has 2 aromatic rings. The molecule has 2 rings (SSSR count). The fraction of sp³-hybridized carbons (Fsp3) is 0.133. The molecule has 2 aromatic carbocycles. The zero-order chi connectivity index (χ0) is 13.0. The summed E-state index contributed by atoms with van der Waals surface area (Å²) in [5.74, 6) is 0. The maximum absolute atomic E-state index is 5.81. The molecule has 0 bridgehead atoms. The Morgan fingerprint density at radius 3 is 2.50 bits per heavy atom. The number of hydrogen-bond acceptors (Lipinski definition) is 2. The molecule has 1 N–H and O–H groups in total. The first-order valence-electron chi connectivity index (χ1n) is 5.77. The third kappa shape index (κ3) is 3.34. The molecule has 0 unspecified atom stereocenters. The van der Waals surface area contributed by atoms with Gasteiger partial charge in [0.25, 0.3) is 0 Å². The van der Waals surface area contributed by atoms with Gasteiger partial charge in [-0.2, -0.15) is 5.10 Å². The fourth-order valence-corrected chi connectivity index (χ4v) is 1.73. The zero-order valence-electron chi connectivity index (χ0n) is 10.4. The van der Waals surface area contributed by atoms with Gasteiger partial charge in [-0.3, -0.25) is 5.43 Å². The number of aryl methyl sites for hydroxylation is 2. The van der Waals surface area contributed by atoms with Crippen molar-refractivity contribution in [3.8, 4) is 0 Å². The highest BCUT2D eigenvalue weighted by Gasteiger charge is 1.95. The first-order chi connectivity index (χ1) is 8.65. The molecule has 0 spiro atoms. The van der Waals surface area contributed by atoms with Crippen molar-refractivity contribution in [1.29, 1.82) is 0 Å². The van der Waals surface area contributed by atoms with Crippen molar-refractivity contribution >= 4 is 23.5 Å². The van der Waals surface area contributed by atoms with Crippen LogP contribution in [0.5, 0.6) is 0 Å². The summed E-state index contributed by atoms with van der Waals surface area (Å²) in [5.41, 5.74) is 7.46. The normalized spacial score (nSPS) is 10.8. The van der Waals surface area contributed by atoms with Crippen LogP contribution in [0.4, 0.5) is 5.69 Å². The summed E-state index contributed by atoms with van der Waals surface area (Å²) in [6.45, 7) is 4.15. The third-order valence-corrected chi connectivity index (χ3v) is 2.93. The molecule has 0 fully saturated rings. The van der Waals surface area contributed by atoms with Crippen LogP contribution in [0.25, 0.3) is 0 Å². The minimum absolute atomic E-state index is 0.721. The Hall–Kier alpha value is -1.80. The summed E-state index contributed by atoms with van der Waals surface area (Å²) in [7, 11) is 0. The number of hydrogen-bond donors (Lipinski definition) is 1. The standard InChI is InChI=1S/C15H15ClN2/c1-11-3-4-12(2)13(9-11)10-17-18-15-7-5-14(16)6-8-15/h3-10,18H,1-2H3/b17-10-. The molecule has 0 aromatic heterocycles. The SMILES string of the molecule is Cc1ccc(C)c(/C=N\Nc2ccc(Cl)cc2)c1. The van der Waals surface area contributed by atoms with Gasteiger partial charge in [-0.15, -0.1) is 0 Å². The van der Waals surface area contributed by atoms with Crippen molar-refractivity contribution in [3.63, 3.8) is 0 Å². The topological polar surface area (TPSA) is 24.4 Å². The molecule has 0 saturated heterocycles. The van der Waals surface area contributed by atoms with Crippen molar-refractivity contribution in [1.82, 2.24) is 0 Å². The molecule has 0 heterocycles. The van der Waals surface area contributed by atoms with E-state index in [2.05, 4.69) is 42.6 Å². The summed E-state index contributed by atoms with van der Waals surface area (Å²) in [6, 6.07) is 13.8. The van der Waals surface area contributed by atoms with E-state index in [1.165, 1.54) is 11.1 Å². The molecule has 0 atom stereocenters. The van der Waals surface area contributed by atoms with Crippen LogP contribution in [-0.4, -0.2) is 6.21 Å². The number of nitrogens with one attached hydrogen (secondary N) is 1. The molecule has 0 aliphatic rings. The summed E-state index contributed by atoms with van der Waals surface area (Å²) < 4.78 is 0. The van der Waals surface area contributed by atoms with E-state index in [9.17, 15) is 0 Å². The van der Waals surface area contributed by atoms with Gasteiger partial charge >= 0.3 is 0 Å². The highest BCUT2D eigenvalue weighted by Crippen LogP contribution is 2.13. The molecule has 0 aliphatic heterocycles. The Kier molecular flexibility index (Phi) is 4.00. The monoisotopic (exact) mass is 258 g/mol. The molecular weight excluding hydrogens is 244 g/mol. The minimum Gasteiger partial charge on any atom is -0.279 e. The average Bonchev–Trinajstić information content (AvgIpc) is 2.36. The molecule has 2 nitrogen and oxygen atoms in total. The summed E-state index contributed by atoms with van der Waals surface area (Å²) in [4.78, 5) is 0. The number of rotatable bonds is 3. The van der Waals surface area contributed by atoms with Crippen molar-refractivity contribution < 1.29 is 0 Å². The summed E-state index contributed by atoms with van der Waals surface area (Å²) >= 11 is 5.81. The van der Waals surface area contributed by atoms with Crippen LogP contribution in [0.15, 0.2) is 47.6 Å². The molecule has 3 heteroatoms. The van der Waals surface area contributed by atoms with E-state index < -0.39 is 0 Å². The van der Waals surface area contributed by atoms with Crippen molar-refractivity contribution in [2.24, 2.45) is 5.10 Å². The van der Waals surface area contributed by atoms with Crippen molar-refractivity contribution in [2.75, 3.05) is 5.43 Å². The van der Waals surface area contributed by atoms with Crippen molar-refractivity contribution in [3.05, 3.63) is 64.2 Å². The molecular formula is C15H15ClN2. The molecule has 0 amide bonds. The highest BCUT2D eigenvalue weighted by molar-refractivity contribution is 6.30. The Morgan fingerprint density at radius 2 is 1.78 bits per heavy atom. The maximum Gasteiger partial charge on any atom is 0.0562 e. The average molecular weight is 259 g/mol. The van der Waals surface area contributed by atoms with Crippen LogP contribution in [0.3, 0.4) is 0 Å². The largest absolute Gasteiger partial charge is 0.279 e. The first kappa shape index (κ1) is 12.7. The van der Waals surface area contributed by atoms with Gasteiger partial charge in [0.15, 0.2) is 0 Å². The Balaban J connectivity index is 2.07. The quantitative estimate of drug-likeness (QED) is 0.640. The van der Waals surface area contributed by atoms with E-state index in [4.69, 9.17) is 11.6 Å². The van der Waals surface area contributed by atoms with Gasteiger partial charge < -0.3 is 0 Å². The Labute approximate surface area is 112 Å². The summed E-state index contributed by atoms with van der Waals surface area (Å²) in [6.07, 6.45) is 1.83. The predicted molar refractivity (Wildman–Crippen MR) is 78.6 cm³/mol. The van der Waals surface area contributed by atoms with Crippen LogP contribution < -0.4 is 5.43 Å². The second-order valence-corrected chi connectivity index (χ2v) is 4.67. The van der Waals surface area contributed by atoms with E-state index in [1.54, 1.807) is 0 Å². The van der Waals surface area contributed by atoms with E-state index in [0.29, 0.717) is 0 Å². The van der Waals surface area contributed by atoms with Gasteiger partial charge in [-0.25, -0.2) is 0 Å². The van der Waals surface area contributed by atoms with E-state index in [0.717, 1.165) is 16.3 Å². The molecule has 18 heavy (non-hydrogen) atoms. The molecule has 0 aliphatic carbocycles. The lowest BCUT2D eigenvalue weighted by Gasteiger charge is -2.02. The lowest BCUT2D eigenvalue weighted by molar-refractivity contribution is 1.33. The number of nitrogens with zero attached hydrogens (tertiary/aromatic N) is 1. The maximum atomic E-state index is 5.81. The van der Waals surface area contributed by atoms with Crippen LogP contribution in [0, 0.1) is 13.8 Å². The summed E-state index contributed by atoms with van der Waals surface area (Å²) in [5, 5.41) is 4.95. The molecule has 0 saturated carbocycles. The smallest absolute Gasteiger partial charge is 0.0562 e. The second-order valence-electron chi connectivity index (χ2n) is 4.24. The van der Waals surface area contributed by atoms with Gasteiger partial charge in [0, 0.05) is 5.02 Å². The van der Waals surface area contributed by atoms with Gasteiger partial charge in [-0.05, 0) is 49.2 Å². The minimum atomic E-state index is 0.721. The van der Waals surface area contributed by atoms with E-state index in [1.807, 2.05) is 30.5 Å². The third-order valence-electron chi connectivity index (χ3n) is 2.68. The highest BCUT2D eigenvalue weighted by atomic mass is 35.5. The Morgan fingerprint density at radius 1 is 1.06 bits per heavy atom. The fourth-order valence-electron chi connectivity index (χ4n) is 1.60. The van der Waals surface area contributed by atoms with Gasteiger partial charge in [0.1, 0.15) is 0 Å². The zero-order valence-corrected chi connectivity index (χ0v) is 11.2. The van der Waals surface area contributed by atoms with Crippen LogP contribution in [0.1, 0.15) is 16.7 Å². The number of halogens is 1. The van der Waals surface area contributed by atoms with Crippen LogP contribution >= 0.6 is 11.6 Å². The van der Waals surface area contributed by atoms with Gasteiger partial charge in [0.05, 0.1) is 11.9 Å². The lowest BCUT2D eigenvalue weighted by Crippen LogP contribution is -1.93. The second kappa shape index (κ2) is 5.69. The van der Waals surface area contributed by atoms with Gasteiger partial charge in [0.2, 0.25) is 0 Å². The lowest BCUT2D eigenvalue weighted by atomic mass is 10.1. The van der Waals surface area contributed by atoms with Gasteiger partial charge in [-0.1, -0.05) is 35.4 Å². The molecule has 0 radical (unpaired) electrons. The van der Waals surface area contributed by atoms with Crippen molar-refractivity contribution in [2.45, 2.75) is 13.8 Å². The number of benzene rings is 2. The molecule has 92 valence electrons. The van der Waals surface area contributed by atoms with Crippen LogP contribution in [0.2, 0.25) is 5.02 Å². The van der Waals surface area contributed by atoms with E-state index in [-0.39, 0.29) is 0 Å². The number of anilines is 1. The van der Waals surface area contributed by atoms with Crippen LogP contribution in [-0.2, 0) is 0 Å². The first-order valence-corrected chi connectivity index (χ1v) is 6.15. The number of hydrazone groups is 1.